The van der Waals surface area contributed by atoms with Gasteiger partial charge in [-0.05, 0) is 46.5 Å². The number of imide groups is 1. The molecule has 2 atom stereocenters. The number of carbonyl (C=O) groups is 2. The van der Waals surface area contributed by atoms with Crippen molar-refractivity contribution in [1.29, 1.82) is 0 Å². The van der Waals surface area contributed by atoms with Gasteiger partial charge < -0.3 is 4.42 Å². The van der Waals surface area contributed by atoms with Crippen molar-refractivity contribution >= 4 is 23.7 Å². The maximum atomic E-state index is 13.6. The van der Waals surface area contributed by atoms with E-state index in [0.717, 1.165) is 39.4 Å². The van der Waals surface area contributed by atoms with Gasteiger partial charge in [0.15, 0.2) is 0 Å². The molecule has 0 spiro atoms. The minimum atomic E-state index is -0.736. The number of hydrogen-bond donors (Lipinski definition) is 0. The van der Waals surface area contributed by atoms with Crippen molar-refractivity contribution in [3.63, 3.8) is 0 Å². The summed E-state index contributed by atoms with van der Waals surface area (Å²) in [4.78, 5) is 37.9. The van der Waals surface area contributed by atoms with Gasteiger partial charge in [-0.2, -0.15) is 10.1 Å². The third-order valence-corrected chi connectivity index (χ3v) is 7.77. The number of nitro benzene ring substituents is 1. The summed E-state index contributed by atoms with van der Waals surface area (Å²) < 4.78 is 19.2. The number of nitrogens with zero attached hydrogens (tertiary/aromatic N) is 3. The largest absolute Gasteiger partial charge is 0.455 e. The van der Waals surface area contributed by atoms with Gasteiger partial charge in [-0.15, -0.1) is 0 Å². The Bertz CT molecular complexity index is 1590. The third kappa shape index (κ3) is 3.05. The number of amides is 2. The first-order valence-electron chi connectivity index (χ1n) is 12.1. The van der Waals surface area contributed by atoms with Crippen molar-refractivity contribution in [2.45, 2.75) is 11.8 Å². The van der Waals surface area contributed by atoms with Crippen LogP contribution in [0, 0.1) is 27.8 Å². The first-order chi connectivity index (χ1) is 18.4. The summed E-state index contributed by atoms with van der Waals surface area (Å²) in [6, 6.07) is 22.1. The number of halogens is 1. The molecule has 186 valence electrons. The normalized spacial score (nSPS) is 23.0. The predicted molar refractivity (Wildman–Crippen MR) is 134 cm³/mol. The van der Waals surface area contributed by atoms with Crippen LogP contribution >= 0.6 is 0 Å². The molecular weight excluding hydrogens is 489 g/mol. The van der Waals surface area contributed by atoms with Gasteiger partial charge in [0, 0.05) is 11.8 Å². The molecule has 9 heteroatoms. The first-order valence-corrected chi connectivity index (χ1v) is 12.1. The maximum Gasteiger partial charge on any atom is 0.283 e. The van der Waals surface area contributed by atoms with Crippen LogP contribution in [0.3, 0.4) is 0 Å². The van der Waals surface area contributed by atoms with Crippen molar-refractivity contribution in [3.05, 3.63) is 123 Å². The summed E-state index contributed by atoms with van der Waals surface area (Å²) in [6.45, 7) is 0. The minimum Gasteiger partial charge on any atom is -0.455 e. The van der Waals surface area contributed by atoms with Gasteiger partial charge in [0.1, 0.15) is 17.3 Å². The molecule has 2 amide bonds. The highest BCUT2D eigenvalue weighted by Gasteiger charge is 2.61. The zero-order chi connectivity index (χ0) is 26.1. The van der Waals surface area contributed by atoms with E-state index in [2.05, 4.69) is 5.10 Å². The van der Waals surface area contributed by atoms with Crippen LogP contribution in [-0.2, 0) is 9.59 Å². The summed E-state index contributed by atoms with van der Waals surface area (Å²) in [5, 5.41) is 16.5. The van der Waals surface area contributed by atoms with Crippen LogP contribution in [0.15, 0.2) is 88.4 Å². The first kappa shape index (κ1) is 22.3. The van der Waals surface area contributed by atoms with E-state index in [9.17, 15) is 24.1 Å². The lowest BCUT2D eigenvalue weighted by Crippen LogP contribution is -2.41. The second-order valence-corrected chi connectivity index (χ2v) is 9.62. The van der Waals surface area contributed by atoms with Gasteiger partial charge >= 0.3 is 0 Å². The Kier molecular flexibility index (Phi) is 4.72. The van der Waals surface area contributed by atoms with Crippen LogP contribution in [0.1, 0.15) is 39.8 Å². The molecule has 38 heavy (non-hydrogen) atoms. The SMILES string of the molecule is O=C1[C@@H]2C3c4ccccc4C(c4ccccc43)[C@H]2C(=O)N1/N=C\c1ccc(-c2ccc(F)cc2[N+](=O)[O-])o1. The van der Waals surface area contributed by atoms with Crippen molar-refractivity contribution < 1.29 is 23.3 Å². The zero-order valence-corrected chi connectivity index (χ0v) is 19.7. The summed E-state index contributed by atoms with van der Waals surface area (Å²) in [6.07, 6.45) is 1.24. The van der Waals surface area contributed by atoms with Crippen LogP contribution in [0.4, 0.5) is 10.1 Å². The van der Waals surface area contributed by atoms with E-state index < -0.39 is 28.3 Å². The van der Waals surface area contributed by atoms with Crippen LogP contribution in [-0.4, -0.2) is 28.0 Å². The van der Waals surface area contributed by atoms with E-state index >= 15 is 0 Å². The van der Waals surface area contributed by atoms with Crippen molar-refractivity contribution in [2.75, 3.05) is 0 Å². The molecule has 8 rings (SSSR count). The molecule has 1 fully saturated rings. The summed E-state index contributed by atoms with van der Waals surface area (Å²) in [5.74, 6) is -2.72. The fourth-order valence-corrected chi connectivity index (χ4v) is 6.32. The van der Waals surface area contributed by atoms with Crippen LogP contribution in [0.2, 0.25) is 0 Å². The number of hydrazone groups is 1. The number of rotatable bonds is 4. The van der Waals surface area contributed by atoms with Crippen molar-refractivity contribution in [1.82, 2.24) is 5.01 Å². The molecule has 1 aliphatic heterocycles. The Morgan fingerprint density at radius 3 is 1.92 bits per heavy atom. The summed E-state index contributed by atoms with van der Waals surface area (Å²) in [7, 11) is 0. The smallest absolute Gasteiger partial charge is 0.283 e. The molecule has 2 heterocycles. The van der Waals surface area contributed by atoms with Crippen molar-refractivity contribution in [2.24, 2.45) is 16.9 Å². The zero-order valence-electron chi connectivity index (χ0n) is 19.7. The van der Waals surface area contributed by atoms with Crippen LogP contribution < -0.4 is 0 Å². The van der Waals surface area contributed by atoms with E-state index in [1.807, 2.05) is 48.5 Å². The highest BCUT2D eigenvalue weighted by Crippen LogP contribution is 2.60. The molecule has 2 bridgehead atoms. The standard InChI is InChI=1S/C29H18FN3O5/c30-15-9-11-21(22(13-15)33(36)37)23-12-10-16(38-23)14-31-32-28(34)26-24-17-5-1-2-6-18(17)25(27(26)29(32)35)20-8-4-3-7-19(20)24/h1-14,24-27H/b31-14-/t24?,25?,26-,27-/m1/s1. The molecule has 4 aliphatic rings. The molecule has 8 nitrogen and oxygen atoms in total. The lowest BCUT2D eigenvalue weighted by Gasteiger charge is -2.45. The Morgan fingerprint density at radius 1 is 0.842 bits per heavy atom. The quantitative estimate of drug-likeness (QED) is 0.163. The topological polar surface area (TPSA) is 106 Å². The number of carbonyl (C=O) groups excluding carboxylic acids is 2. The highest BCUT2D eigenvalue weighted by molar-refractivity contribution is 6.08. The van der Waals surface area contributed by atoms with Gasteiger partial charge in [0.25, 0.3) is 17.5 Å². The minimum absolute atomic E-state index is 0.0995. The van der Waals surface area contributed by atoms with E-state index in [0.29, 0.717) is 0 Å². The van der Waals surface area contributed by atoms with E-state index in [4.69, 9.17) is 4.42 Å². The average molecular weight is 507 g/mol. The highest BCUT2D eigenvalue weighted by atomic mass is 19.1. The average Bonchev–Trinajstić information content (AvgIpc) is 3.50. The maximum absolute atomic E-state index is 13.6. The summed E-state index contributed by atoms with van der Waals surface area (Å²) >= 11 is 0. The molecule has 0 N–H and O–H groups in total. The lowest BCUT2D eigenvalue weighted by atomic mass is 9.55. The monoisotopic (exact) mass is 507 g/mol. The molecule has 4 aromatic rings. The van der Waals surface area contributed by atoms with Gasteiger partial charge in [-0.1, -0.05) is 48.5 Å². The number of nitro groups is 1. The number of furan rings is 1. The molecule has 0 unspecified atom stereocenters. The van der Waals surface area contributed by atoms with Gasteiger partial charge in [0.2, 0.25) is 0 Å². The van der Waals surface area contributed by atoms with Gasteiger partial charge in [-0.3, -0.25) is 19.7 Å². The predicted octanol–water partition coefficient (Wildman–Crippen LogP) is 5.22. The summed E-state index contributed by atoms with van der Waals surface area (Å²) in [5.41, 5.74) is 3.94. The van der Waals surface area contributed by atoms with Crippen LogP contribution in [0.25, 0.3) is 11.3 Å². The van der Waals surface area contributed by atoms with Crippen molar-refractivity contribution in [3.8, 4) is 11.3 Å². The molecule has 1 saturated heterocycles. The van der Waals surface area contributed by atoms with Crippen LogP contribution in [0.5, 0.6) is 0 Å². The third-order valence-electron chi connectivity index (χ3n) is 7.77. The second kappa shape index (κ2) is 8.04. The molecule has 0 saturated carbocycles. The van der Waals surface area contributed by atoms with E-state index in [-0.39, 0.29) is 40.7 Å². The molecule has 3 aromatic carbocycles. The Morgan fingerprint density at radius 2 is 1.39 bits per heavy atom. The number of benzene rings is 3. The van der Waals surface area contributed by atoms with E-state index in [1.165, 1.54) is 24.4 Å². The van der Waals surface area contributed by atoms with Gasteiger partial charge in [-0.25, -0.2) is 4.39 Å². The molecule has 1 aromatic heterocycles. The number of hydrogen-bond acceptors (Lipinski definition) is 6. The lowest BCUT2D eigenvalue weighted by molar-refractivity contribution is -0.384. The van der Waals surface area contributed by atoms with E-state index in [1.54, 1.807) is 0 Å². The molecular formula is C29H18FN3O5. The Labute approximate surface area is 215 Å². The Hall–Kier alpha value is -4.92. The molecule has 3 aliphatic carbocycles. The fraction of sp³-hybridized carbons (Fsp3) is 0.138. The van der Waals surface area contributed by atoms with Gasteiger partial charge in [0.05, 0.1) is 34.6 Å². The second-order valence-electron chi connectivity index (χ2n) is 9.62. The molecule has 0 radical (unpaired) electrons. The Balaban J connectivity index is 1.22. The fourth-order valence-electron chi connectivity index (χ4n) is 6.32.